The third-order valence-electron chi connectivity index (χ3n) is 1.89. The molecule has 1 unspecified atom stereocenters. The lowest BCUT2D eigenvalue weighted by Crippen LogP contribution is -2.32. The van der Waals surface area contributed by atoms with Crippen molar-refractivity contribution < 1.29 is 9.53 Å². The highest BCUT2D eigenvalue weighted by Crippen LogP contribution is 1.98. The predicted molar refractivity (Wildman–Crippen MR) is 57.1 cm³/mol. The van der Waals surface area contributed by atoms with Crippen molar-refractivity contribution in [2.75, 3.05) is 20.3 Å². The number of ether oxygens (including phenoxy) is 1. The lowest BCUT2D eigenvalue weighted by molar-refractivity contribution is 0.0940. The number of hydrogen-bond acceptors (Lipinski definition) is 3. The molecule has 0 aliphatic carbocycles. The highest BCUT2D eigenvalue weighted by molar-refractivity contribution is 6.21. The minimum absolute atomic E-state index is 0.184. The Bertz CT molecular complexity index is 327. The zero-order chi connectivity index (χ0) is 11.3. The van der Waals surface area contributed by atoms with E-state index in [9.17, 15) is 4.79 Å². The molecule has 0 aliphatic rings. The molecule has 1 N–H and O–H groups in total. The summed E-state index contributed by atoms with van der Waals surface area (Å²) in [4.78, 5) is 11.6. The lowest BCUT2D eigenvalue weighted by Gasteiger charge is -2.09. The Morgan fingerprint density at radius 1 is 1.80 bits per heavy atom. The number of methoxy groups -OCH3 is 1. The van der Waals surface area contributed by atoms with Crippen molar-refractivity contribution in [1.29, 1.82) is 0 Å². The third kappa shape index (κ3) is 3.53. The van der Waals surface area contributed by atoms with Gasteiger partial charge in [-0.25, -0.2) is 0 Å². The first-order chi connectivity index (χ1) is 7.15. The number of nitrogens with zero attached hydrogens (tertiary/aromatic N) is 2. The van der Waals surface area contributed by atoms with Crippen molar-refractivity contribution in [2.24, 2.45) is 7.05 Å². The Kier molecular flexibility index (Phi) is 4.58. The monoisotopic (exact) mass is 231 g/mol. The maximum atomic E-state index is 11.6. The molecule has 84 valence electrons. The van der Waals surface area contributed by atoms with E-state index in [-0.39, 0.29) is 11.3 Å². The number of hydrogen-bond donors (Lipinski definition) is 1. The minimum Gasteiger partial charge on any atom is -0.383 e. The van der Waals surface area contributed by atoms with Crippen LogP contribution in [0.5, 0.6) is 0 Å². The standard InChI is InChI=1S/C9H14ClN3O2/c1-13-8(3-4-12-13)9(14)11-5-7(10)6-15-2/h3-4,7H,5-6H2,1-2H3,(H,11,14). The van der Waals surface area contributed by atoms with Crippen LogP contribution in [0.15, 0.2) is 12.3 Å². The number of amides is 1. The molecule has 6 heteroatoms. The summed E-state index contributed by atoms with van der Waals surface area (Å²) in [7, 11) is 3.28. The smallest absolute Gasteiger partial charge is 0.269 e. The van der Waals surface area contributed by atoms with Crippen LogP contribution in [0, 0.1) is 0 Å². The summed E-state index contributed by atoms with van der Waals surface area (Å²) in [5, 5.41) is 6.38. The van der Waals surface area contributed by atoms with Gasteiger partial charge in [-0.1, -0.05) is 0 Å². The van der Waals surface area contributed by atoms with E-state index in [0.29, 0.717) is 18.8 Å². The van der Waals surface area contributed by atoms with Crippen LogP contribution in [0.3, 0.4) is 0 Å². The summed E-state index contributed by atoms with van der Waals surface area (Å²) >= 11 is 5.86. The van der Waals surface area contributed by atoms with E-state index in [1.807, 2.05) is 0 Å². The number of nitrogens with one attached hydrogen (secondary N) is 1. The van der Waals surface area contributed by atoms with Crippen LogP contribution in [-0.2, 0) is 11.8 Å². The minimum atomic E-state index is -0.216. The van der Waals surface area contributed by atoms with E-state index in [0.717, 1.165) is 0 Å². The first kappa shape index (κ1) is 12.0. The lowest BCUT2D eigenvalue weighted by atomic mass is 10.3. The van der Waals surface area contributed by atoms with Gasteiger partial charge in [0.1, 0.15) is 5.69 Å². The summed E-state index contributed by atoms with van der Waals surface area (Å²) in [6.45, 7) is 0.784. The van der Waals surface area contributed by atoms with Gasteiger partial charge in [0.05, 0.1) is 12.0 Å². The molecule has 0 fully saturated rings. The fourth-order valence-electron chi connectivity index (χ4n) is 1.13. The topological polar surface area (TPSA) is 56.1 Å². The molecule has 1 heterocycles. The largest absolute Gasteiger partial charge is 0.383 e. The molecule has 0 saturated carbocycles. The van der Waals surface area contributed by atoms with Gasteiger partial charge in [0, 0.05) is 26.9 Å². The zero-order valence-electron chi connectivity index (χ0n) is 8.74. The number of carbonyl (C=O) groups is 1. The number of alkyl halides is 1. The summed E-state index contributed by atoms with van der Waals surface area (Å²) in [6.07, 6.45) is 1.57. The molecule has 1 aromatic heterocycles. The maximum Gasteiger partial charge on any atom is 0.269 e. The van der Waals surface area contributed by atoms with Crippen LogP contribution >= 0.6 is 11.6 Å². The fraction of sp³-hybridized carbons (Fsp3) is 0.556. The Labute approximate surface area is 93.4 Å². The van der Waals surface area contributed by atoms with Crippen molar-refractivity contribution in [3.05, 3.63) is 18.0 Å². The molecule has 1 rings (SSSR count). The first-order valence-electron chi connectivity index (χ1n) is 4.54. The summed E-state index contributed by atoms with van der Waals surface area (Å²) in [5.74, 6) is -0.184. The fourth-order valence-corrected chi connectivity index (χ4v) is 1.33. The number of rotatable bonds is 5. The second-order valence-electron chi connectivity index (χ2n) is 3.10. The maximum absolute atomic E-state index is 11.6. The SMILES string of the molecule is COCC(Cl)CNC(=O)c1ccnn1C. The second-order valence-corrected chi connectivity index (χ2v) is 3.72. The van der Waals surface area contributed by atoms with E-state index < -0.39 is 0 Å². The van der Waals surface area contributed by atoms with Crippen molar-refractivity contribution in [3.63, 3.8) is 0 Å². The first-order valence-corrected chi connectivity index (χ1v) is 4.98. The molecule has 1 aromatic rings. The van der Waals surface area contributed by atoms with Gasteiger partial charge >= 0.3 is 0 Å². The van der Waals surface area contributed by atoms with Crippen molar-refractivity contribution in [2.45, 2.75) is 5.38 Å². The van der Waals surface area contributed by atoms with E-state index in [1.54, 1.807) is 26.4 Å². The van der Waals surface area contributed by atoms with Crippen LogP contribution < -0.4 is 5.32 Å². The molecule has 0 spiro atoms. The van der Waals surface area contributed by atoms with Crippen molar-refractivity contribution in [3.8, 4) is 0 Å². The van der Waals surface area contributed by atoms with E-state index in [2.05, 4.69) is 10.4 Å². The number of halogens is 1. The molecule has 1 atom stereocenters. The Hall–Kier alpha value is -1.07. The van der Waals surface area contributed by atoms with Gasteiger partial charge in [0.25, 0.3) is 5.91 Å². The number of aromatic nitrogens is 2. The zero-order valence-corrected chi connectivity index (χ0v) is 9.49. The van der Waals surface area contributed by atoms with Crippen LogP contribution in [0.1, 0.15) is 10.5 Å². The van der Waals surface area contributed by atoms with Crippen LogP contribution in [-0.4, -0.2) is 41.3 Å². The van der Waals surface area contributed by atoms with Crippen LogP contribution in [0.4, 0.5) is 0 Å². The highest BCUT2D eigenvalue weighted by atomic mass is 35.5. The molecular formula is C9H14ClN3O2. The average Bonchev–Trinajstić information content (AvgIpc) is 2.61. The highest BCUT2D eigenvalue weighted by Gasteiger charge is 2.11. The normalized spacial score (nSPS) is 12.5. The van der Waals surface area contributed by atoms with Crippen molar-refractivity contribution in [1.82, 2.24) is 15.1 Å². The third-order valence-corrected chi connectivity index (χ3v) is 2.17. The number of carbonyl (C=O) groups excluding carboxylic acids is 1. The summed E-state index contributed by atoms with van der Waals surface area (Å²) < 4.78 is 6.36. The predicted octanol–water partition coefficient (Wildman–Crippen LogP) is 0.404. The average molecular weight is 232 g/mol. The molecule has 0 radical (unpaired) electrons. The molecule has 15 heavy (non-hydrogen) atoms. The van der Waals surface area contributed by atoms with Crippen molar-refractivity contribution >= 4 is 17.5 Å². The van der Waals surface area contributed by atoms with Crippen LogP contribution in [0.25, 0.3) is 0 Å². The Morgan fingerprint density at radius 3 is 3.07 bits per heavy atom. The van der Waals surface area contributed by atoms with Gasteiger partial charge in [0.15, 0.2) is 0 Å². The Morgan fingerprint density at radius 2 is 2.53 bits per heavy atom. The van der Waals surface area contributed by atoms with Gasteiger partial charge in [-0.3, -0.25) is 9.48 Å². The van der Waals surface area contributed by atoms with Crippen LogP contribution in [0.2, 0.25) is 0 Å². The van der Waals surface area contributed by atoms with E-state index >= 15 is 0 Å². The second kappa shape index (κ2) is 5.72. The molecule has 1 amide bonds. The van der Waals surface area contributed by atoms with Gasteiger partial charge in [-0.2, -0.15) is 5.10 Å². The molecule has 0 saturated heterocycles. The van der Waals surface area contributed by atoms with Gasteiger partial charge in [0.2, 0.25) is 0 Å². The summed E-state index contributed by atoms with van der Waals surface area (Å²) in [6, 6.07) is 1.65. The quantitative estimate of drug-likeness (QED) is 0.747. The van der Waals surface area contributed by atoms with Gasteiger partial charge < -0.3 is 10.1 Å². The molecule has 0 aromatic carbocycles. The number of aryl methyl sites for hydroxylation is 1. The Balaban J connectivity index is 2.40. The van der Waals surface area contributed by atoms with Gasteiger partial charge in [-0.15, -0.1) is 11.6 Å². The molecule has 0 bridgehead atoms. The van der Waals surface area contributed by atoms with E-state index in [4.69, 9.17) is 16.3 Å². The molecular weight excluding hydrogens is 218 g/mol. The van der Waals surface area contributed by atoms with Gasteiger partial charge in [-0.05, 0) is 6.07 Å². The van der Waals surface area contributed by atoms with E-state index in [1.165, 1.54) is 4.68 Å². The molecule has 0 aliphatic heterocycles. The molecule has 5 nitrogen and oxygen atoms in total. The summed E-state index contributed by atoms with van der Waals surface area (Å²) in [5.41, 5.74) is 0.510.